The minimum absolute atomic E-state index is 0.130. The quantitative estimate of drug-likeness (QED) is 0.457. The summed E-state index contributed by atoms with van der Waals surface area (Å²) in [5, 5.41) is 15.2. The van der Waals surface area contributed by atoms with Crippen LogP contribution in [0.2, 0.25) is 0 Å². The number of aliphatic imine (C=N–C) groups is 1. The molecule has 0 spiro atoms. The van der Waals surface area contributed by atoms with Gasteiger partial charge in [0.15, 0.2) is 0 Å². The van der Waals surface area contributed by atoms with Gasteiger partial charge < -0.3 is 10.4 Å². The average Bonchev–Trinajstić information content (AvgIpc) is 2.79. The van der Waals surface area contributed by atoms with Gasteiger partial charge in [0, 0.05) is 18.0 Å². The van der Waals surface area contributed by atoms with Crippen LogP contribution >= 0.6 is 0 Å². The van der Waals surface area contributed by atoms with Crippen LogP contribution in [0.25, 0.3) is 10.8 Å². The minimum Gasteiger partial charge on any atom is -0.507 e. The Labute approximate surface area is 174 Å². The summed E-state index contributed by atoms with van der Waals surface area (Å²) in [6, 6.07) is 22.5. The molecule has 1 atom stereocenters. The Balaban J connectivity index is 1.63. The number of nitrogens with one attached hydrogen (secondary N) is 1. The lowest BCUT2D eigenvalue weighted by Crippen LogP contribution is -2.26. The third-order valence-electron chi connectivity index (χ3n) is 4.97. The summed E-state index contributed by atoms with van der Waals surface area (Å²) in [6.07, 6.45) is 4.68. The van der Waals surface area contributed by atoms with Gasteiger partial charge in [-0.15, -0.1) is 0 Å². The summed E-state index contributed by atoms with van der Waals surface area (Å²) in [4.78, 5) is 21.5. The van der Waals surface area contributed by atoms with Crippen LogP contribution in [-0.4, -0.2) is 22.2 Å². The number of benzene rings is 3. The summed E-state index contributed by atoms with van der Waals surface area (Å²) >= 11 is 0. The Morgan fingerprint density at radius 2 is 1.80 bits per heavy atom. The topological polar surface area (TPSA) is 74.6 Å². The largest absolute Gasteiger partial charge is 0.507 e. The number of phenolic OH excluding ortho intramolecular Hbond substituents is 1. The van der Waals surface area contributed by atoms with Gasteiger partial charge in [-0.1, -0.05) is 60.7 Å². The first-order chi connectivity index (χ1) is 14.6. The molecule has 0 unspecified atom stereocenters. The highest BCUT2D eigenvalue weighted by atomic mass is 16.3. The highest BCUT2D eigenvalue weighted by molar-refractivity contribution is 6.04. The van der Waals surface area contributed by atoms with Crippen molar-refractivity contribution in [2.75, 3.05) is 0 Å². The zero-order valence-electron chi connectivity index (χ0n) is 16.5. The molecule has 4 aromatic rings. The van der Waals surface area contributed by atoms with E-state index in [1.807, 2.05) is 67.6 Å². The first-order valence-electron chi connectivity index (χ1n) is 9.68. The van der Waals surface area contributed by atoms with Crippen molar-refractivity contribution in [2.24, 2.45) is 4.99 Å². The Morgan fingerprint density at radius 1 is 1.03 bits per heavy atom. The van der Waals surface area contributed by atoms with Crippen LogP contribution in [0.3, 0.4) is 0 Å². The molecule has 4 rings (SSSR count). The van der Waals surface area contributed by atoms with Gasteiger partial charge in [-0.3, -0.25) is 14.8 Å². The van der Waals surface area contributed by atoms with Crippen LogP contribution in [0.15, 0.2) is 90.2 Å². The van der Waals surface area contributed by atoms with Crippen molar-refractivity contribution in [1.82, 2.24) is 10.3 Å². The summed E-state index contributed by atoms with van der Waals surface area (Å²) in [7, 11) is 0. The summed E-state index contributed by atoms with van der Waals surface area (Å²) < 4.78 is 0. The van der Waals surface area contributed by atoms with Gasteiger partial charge in [0.2, 0.25) is 0 Å². The van der Waals surface area contributed by atoms with Crippen molar-refractivity contribution in [2.45, 2.75) is 13.0 Å². The zero-order valence-corrected chi connectivity index (χ0v) is 16.5. The van der Waals surface area contributed by atoms with E-state index in [2.05, 4.69) is 15.3 Å². The van der Waals surface area contributed by atoms with E-state index in [1.54, 1.807) is 30.7 Å². The van der Waals surface area contributed by atoms with Crippen LogP contribution in [-0.2, 0) is 0 Å². The molecule has 0 saturated carbocycles. The van der Waals surface area contributed by atoms with Crippen LogP contribution < -0.4 is 5.32 Å². The van der Waals surface area contributed by atoms with Crippen LogP contribution in [0.5, 0.6) is 5.75 Å². The number of carbonyl (C=O) groups is 1. The Hall–Kier alpha value is -3.99. The number of carbonyl (C=O) groups excluding carboxylic acids is 1. The number of hydrogen-bond donors (Lipinski definition) is 2. The fraction of sp³-hybridized carbons (Fsp3) is 0.0800. The molecule has 1 heterocycles. The summed E-state index contributed by atoms with van der Waals surface area (Å²) in [5.74, 6) is -0.104. The summed E-state index contributed by atoms with van der Waals surface area (Å²) in [6.45, 7) is 1.94. The van der Waals surface area contributed by atoms with Gasteiger partial charge in [-0.2, -0.15) is 0 Å². The Bertz CT molecular complexity index is 1220. The van der Waals surface area contributed by atoms with E-state index < -0.39 is 0 Å². The van der Waals surface area contributed by atoms with Gasteiger partial charge >= 0.3 is 0 Å². The number of nitrogens with zero attached hydrogens (tertiary/aromatic N) is 2. The van der Waals surface area contributed by atoms with E-state index in [9.17, 15) is 9.90 Å². The fourth-order valence-corrected chi connectivity index (χ4v) is 3.33. The monoisotopic (exact) mass is 395 g/mol. The molecule has 148 valence electrons. The molecule has 0 fully saturated rings. The normalized spacial score (nSPS) is 12.2. The average molecular weight is 395 g/mol. The van der Waals surface area contributed by atoms with Crippen molar-refractivity contribution in [3.63, 3.8) is 0 Å². The second-order valence-corrected chi connectivity index (χ2v) is 6.98. The molecule has 0 radical (unpaired) electrons. The van der Waals surface area contributed by atoms with Crippen molar-refractivity contribution < 1.29 is 9.90 Å². The van der Waals surface area contributed by atoms with Crippen molar-refractivity contribution in [1.29, 1.82) is 0 Å². The molecule has 3 aromatic carbocycles. The third-order valence-corrected chi connectivity index (χ3v) is 4.97. The first-order valence-corrected chi connectivity index (χ1v) is 9.68. The second-order valence-electron chi connectivity index (χ2n) is 6.98. The molecule has 0 aliphatic heterocycles. The maximum atomic E-state index is 12.9. The SMILES string of the molecule is C[C@@H](NC(=O)c1ccncc1/N=C/c1c(O)ccc2ccccc12)c1ccccc1. The number of rotatable bonds is 5. The van der Waals surface area contributed by atoms with Crippen molar-refractivity contribution in [3.05, 3.63) is 102 Å². The number of pyridine rings is 1. The minimum atomic E-state index is -0.233. The molecule has 0 bridgehead atoms. The zero-order chi connectivity index (χ0) is 20.9. The van der Waals surface area contributed by atoms with Crippen LogP contribution in [0.1, 0.15) is 34.5 Å². The molecule has 0 aliphatic carbocycles. The highest BCUT2D eigenvalue weighted by Gasteiger charge is 2.15. The maximum absolute atomic E-state index is 12.9. The number of hydrogen-bond acceptors (Lipinski definition) is 4. The van der Waals surface area contributed by atoms with Gasteiger partial charge in [0.25, 0.3) is 5.91 Å². The van der Waals surface area contributed by atoms with E-state index >= 15 is 0 Å². The van der Waals surface area contributed by atoms with Gasteiger partial charge in [-0.25, -0.2) is 0 Å². The predicted octanol–water partition coefficient (Wildman–Crippen LogP) is 5.18. The predicted molar refractivity (Wildman–Crippen MR) is 119 cm³/mol. The number of aromatic nitrogens is 1. The Kier molecular flexibility index (Phi) is 5.52. The van der Waals surface area contributed by atoms with E-state index in [-0.39, 0.29) is 17.7 Å². The number of fused-ring (bicyclic) bond motifs is 1. The Morgan fingerprint density at radius 3 is 2.63 bits per heavy atom. The number of aromatic hydroxyl groups is 1. The maximum Gasteiger partial charge on any atom is 0.254 e. The lowest BCUT2D eigenvalue weighted by atomic mass is 10.0. The number of phenols is 1. The molecule has 1 amide bonds. The summed E-state index contributed by atoms with van der Waals surface area (Å²) in [5.41, 5.74) is 2.47. The van der Waals surface area contributed by atoms with Crippen molar-refractivity contribution in [3.8, 4) is 5.75 Å². The lowest BCUT2D eigenvalue weighted by molar-refractivity contribution is 0.0940. The molecule has 30 heavy (non-hydrogen) atoms. The fourth-order valence-electron chi connectivity index (χ4n) is 3.33. The lowest BCUT2D eigenvalue weighted by Gasteiger charge is -2.15. The van der Waals surface area contributed by atoms with E-state index in [4.69, 9.17) is 0 Å². The molecule has 2 N–H and O–H groups in total. The van der Waals surface area contributed by atoms with Gasteiger partial charge in [-0.05, 0) is 35.4 Å². The highest BCUT2D eigenvalue weighted by Crippen LogP contribution is 2.27. The van der Waals surface area contributed by atoms with Gasteiger partial charge in [0.1, 0.15) is 5.75 Å². The van der Waals surface area contributed by atoms with Crippen LogP contribution in [0.4, 0.5) is 5.69 Å². The molecule has 1 aromatic heterocycles. The molecular weight excluding hydrogens is 374 g/mol. The number of amides is 1. The smallest absolute Gasteiger partial charge is 0.254 e. The molecule has 0 saturated heterocycles. The third kappa shape index (κ3) is 4.05. The van der Waals surface area contributed by atoms with E-state index in [0.717, 1.165) is 16.3 Å². The first kappa shape index (κ1) is 19.3. The molecular formula is C25H21N3O2. The molecule has 0 aliphatic rings. The molecule has 5 heteroatoms. The van der Waals surface area contributed by atoms with E-state index in [1.165, 1.54) is 0 Å². The van der Waals surface area contributed by atoms with Gasteiger partial charge in [0.05, 0.1) is 23.5 Å². The second kappa shape index (κ2) is 8.57. The molecule has 5 nitrogen and oxygen atoms in total. The van der Waals surface area contributed by atoms with E-state index in [0.29, 0.717) is 16.8 Å². The van der Waals surface area contributed by atoms with Crippen molar-refractivity contribution >= 4 is 28.6 Å². The van der Waals surface area contributed by atoms with Crippen LogP contribution in [0, 0.1) is 0 Å². The standard InChI is InChI=1S/C25H21N3O2/c1-17(18-7-3-2-4-8-18)28-25(30)21-13-14-26-16-23(21)27-15-22-20-10-6-5-9-19(20)11-12-24(22)29/h2-17,29H,1H3,(H,28,30)/b27-15+/t17-/m1/s1.